The Morgan fingerprint density at radius 1 is 1.04 bits per heavy atom. The zero-order valence-electron chi connectivity index (χ0n) is 12.8. The lowest BCUT2D eigenvalue weighted by atomic mass is 10.0. The lowest BCUT2D eigenvalue weighted by Crippen LogP contribution is -2.37. The van der Waals surface area contributed by atoms with Crippen LogP contribution in [0.4, 0.5) is 31.1 Å². The molecule has 0 bridgehead atoms. The molecule has 0 aliphatic carbocycles. The van der Waals surface area contributed by atoms with Crippen molar-refractivity contribution in [1.29, 1.82) is 0 Å². The Kier molecular flexibility index (Phi) is 6.27. The van der Waals surface area contributed by atoms with Crippen molar-refractivity contribution >= 4 is 12.0 Å². The molecule has 1 aromatic rings. The number of carbonyl (C=O) groups excluding carboxylic acids is 1. The molecule has 0 saturated heterocycles. The molecule has 140 valence electrons. The summed E-state index contributed by atoms with van der Waals surface area (Å²) in [5, 5.41) is 10.6. The summed E-state index contributed by atoms with van der Waals surface area (Å²) in [5.74, 6) is -1.17. The molecule has 0 aliphatic rings. The summed E-state index contributed by atoms with van der Waals surface area (Å²) < 4.78 is 76.6. The van der Waals surface area contributed by atoms with Gasteiger partial charge in [-0.2, -0.15) is 26.3 Å². The van der Waals surface area contributed by atoms with E-state index in [0.29, 0.717) is 12.1 Å². The minimum absolute atomic E-state index is 0.00354. The predicted octanol–water partition coefficient (Wildman–Crippen LogP) is 3.34. The third-order valence-corrected chi connectivity index (χ3v) is 3.03. The Bertz CT molecular complexity index is 610. The summed E-state index contributed by atoms with van der Waals surface area (Å²) in [4.78, 5) is 22.8. The van der Waals surface area contributed by atoms with E-state index in [9.17, 15) is 35.9 Å². The first kappa shape index (κ1) is 20.6. The van der Waals surface area contributed by atoms with Gasteiger partial charge in [-0.1, -0.05) is 0 Å². The number of rotatable bonds is 5. The number of carboxylic acid groups (broad SMARTS) is 1. The van der Waals surface area contributed by atoms with Crippen molar-refractivity contribution in [3.05, 3.63) is 34.9 Å². The van der Waals surface area contributed by atoms with Crippen molar-refractivity contribution < 1.29 is 41.0 Å². The van der Waals surface area contributed by atoms with Crippen LogP contribution in [0.15, 0.2) is 18.2 Å². The van der Waals surface area contributed by atoms with Crippen molar-refractivity contribution in [2.45, 2.75) is 25.3 Å². The highest BCUT2D eigenvalue weighted by molar-refractivity contribution is 5.75. The maximum absolute atomic E-state index is 12.8. The van der Waals surface area contributed by atoms with E-state index in [2.05, 4.69) is 5.32 Å². The Labute approximate surface area is 138 Å². The zero-order chi connectivity index (χ0) is 19.4. The number of urea groups is 1. The van der Waals surface area contributed by atoms with E-state index in [4.69, 9.17) is 5.11 Å². The molecule has 0 saturated carbocycles. The molecule has 5 nitrogen and oxygen atoms in total. The summed E-state index contributed by atoms with van der Waals surface area (Å²) in [6.07, 6.45) is -10.3. The van der Waals surface area contributed by atoms with E-state index < -0.39 is 42.0 Å². The summed E-state index contributed by atoms with van der Waals surface area (Å²) in [5.41, 5.74) is -3.31. The zero-order valence-corrected chi connectivity index (χ0v) is 12.8. The van der Waals surface area contributed by atoms with Crippen LogP contribution in [0.25, 0.3) is 0 Å². The molecule has 0 aromatic heterocycles. The quantitative estimate of drug-likeness (QED) is 0.779. The maximum Gasteiger partial charge on any atom is 0.416 e. The maximum atomic E-state index is 12.8. The lowest BCUT2D eigenvalue weighted by Gasteiger charge is -2.20. The first-order valence-corrected chi connectivity index (χ1v) is 6.80. The van der Waals surface area contributed by atoms with Crippen LogP contribution in [0, 0.1) is 0 Å². The van der Waals surface area contributed by atoms with Crippen LogP contribution in [0.5, 0.6) is 0 Å². The number of alkyl halides is 6. The molecule has 0 atom stereocenters. The van der Waals surface area contributed by atoms with Gasteiger partial charge in [0.25, 0.3) is 0 Å². The van der Waals surface area contributed by atoms with Crippen LogP contribution in [-0.4, -0.2) is 35.6 Å². The number of hydrogen-bond donors (Lipinski definition) is 2. The van der Waals surface area contributed by atoms with Gasteiger partial charge in [0.2, 0.25) is 0 Å². The van der Waals surface area contributed by atoms with Gasteiger partial charge in [-0.25, -0.2) is 4.79 Å². The summed E-state index contributed by atoms with van der Waals surface area (Å²) in [6.45, 7) is -0.749. The normalized spacial score (nSPS) is 12.0. The molecule has 0 spiro atoms. The van der Waals surface area contributed by atoms with E-state index in [-0.39, 0.29) is 24.6 Å². The Morgan fingerprint density at radius 3 is 1.92 bits per heavy atom. The van der Waals surface area contributed by atoms with Gasteiger partial charge in [-0.3, -0.25) is 4.79 Å². The highest BCUT2D eigenvalue weighted by Gasteiger charge is 2.37. The van der Waals surface area contributed by atoms with E-state index in [1.165, 1.54) is 0 Å². The molecule has 2 N–H and O–H groups in total. The van der Waals surface area contributed by atoms with Crippen LogP contribution in [0.1, 0.15) is 23.1 Å². The average Bonchev–Trinajstić information content (AvgIpc) is 2.44. The fourth-order valence-electron chi connectivity index (χ4n) is 1.87. The molecule has 2 amide bonds. The standard InChI is InChI=1S/C14H14F6N2O3/c1-22(12(25)21-3-2-11(23)24)7-8-4-9(13(15,16)17)6-10(5-8)14(18,19)20/h4-6H,2-3,7H2,1H3,(H,21,25)(H,23,24). The highest BCUT2D eigenvalue weighted by atomic mass is 19.4. The minimum Gasteiger partial charge on any atom is -0.481 e. The Morgan fingerprint density at radius 2 is 1.52 bits per heavy atom. The van der Waals surface area contributed by atoms with Crippen LogP contribution < -0.4 is 5.32 Å². The van der Waals surface area contributed by atoms with Gasteiger partial charge in [0, 0.05) is 20.1 Å². The first-order chi connectivity index (χ1) is 11.3. The first-order valence-electron chi connectivity index (χ1n) is 6.80. The van der Waals surface area contributed by atoms with Gasteiger partial charge in [-0.05, 0) is 23.8 Å². The summed E-state index contributed by atoms with van der Waals surface area (Å²) in [7, 11) is 1.16. The van der Waals surface area contributed by atoms with Gasteiger partial charge in [-0.15, -0.1) is 0 Å². The molecule has 0 fully saturated rings. The fourth-order valence-corrected chi connectivity index (χ4v) is 1.87. The van der Waals surface area contributed by atoms with E-state index >= 15 is 0 Å². The number of halogens is 6. The lowest BCUT2D eigenvalue weighted by molar-refractivity contribution is -0.143. The molecule has 25 heavy (non-hydrogen) atoms. The fraction of sp³-hybridized carbons (Fsp3) is 0.429. The summed E-state index contributed by atoms with van der Waals surface area (Å²) in [6, 6.07) is 0.218. The summed E-state index contributed by atoms with van der Waals surface area (Å²) >= 11 is 0. The van der Waals surface area contributed by atoms with Crippen molar-refractivity contribution in [3.63, 3.8) is 0 Å². The minimum atomic E-state index is -4.97. The van der Waals surface area contributed by atoms with Crippen molar-refractivity contribution in [3.8, 4) is 0 Å². The van der Waals surface area contributed by atoms with Crippen LogP contribution in [0.3, 0.4) is 0 Å². The largest absolute Gasteiger partial charge is 0.481 e. The number of nitrogens with zero attached hydrogens (tertiary/aromatic N) is 1. The second kappa shape index (κ2) is 7.62. The van der Waals surface area contributed by atoms with E-state index in [1.54, 1.807) is 0 Å². The number of hydrogen-bond acceptors (Lipinski definition) is 2. The molecule has 11 heteroatoms. The molecule has 1 rings (SSSR count). The number of nitrogens with one attached hydrogen (secondary N) is 1. The average molecular weight is 372 g/mol. The number of benzene rings is 1. The molecule has 0 aliphatic heterocycles. The van der Waals surface area contributed by atoms with Crippen molar-refractivity contribution in [2.75, 3.05) is 13.6 Å². The van der Waals surface area contributed by atoms with Crippen molar-refractivity contribution in [1.82, 2.24) is 10.2 Å². The van der Waals surface area contributed by atoms with Crippen LogP contribution >= 0.6 is 0 Å². The third-order valence-electron chi connectivity index (χ3n) is 3.03. The monoisotopic (exact) mass is 372 g/mol. The smallest absolute Gasteiger partial charge is 0.416 e. The van der Waals surface area contributed by atoms with Gasteiger partial charge in [0.15, 0.2) is 0 Å². The predicted molar refractivity (Wildman–Crippen MR) is 73.6 cm³/mol. The number of carboxylic acids is 1. The van der Waals surface area contributed by atoms with Crippen LogP contribution in [0.2, 0.25) is 0 Å². The van der Waals surface area contributed by atoms with Crippen molar-refractivity contribution in [2.24, 2.45) is 0 Å². The van der Waals surface area contributed by atoms with Gasteiger partial charge >= 0.3 is 24.4 Å². The highest BCUT2D eigenvalue weighted by Crippen LogP contribution is 2.36. The number of amides is 2. The molecule has 1 aromatic carbocycles. The Balaban J connectivity index is 2.96. The molecular formula is C14H14F6N2O3. The van der Waals surface area contributed by atoms with Crippen LogP contribution in [-0.2, 0) is 23.7 Å². The molecular weight excluding hydrogens is 358 g/mol. The topological polar surface area (TPSA) is 69.6 Å². The molecule has 0 heterocycles. The SMILES string of the molecule is CN(Cc1cc(C(F)(F)F)cc(C(F)(F)F)c1)C(=O)NCCC(=O)O. The third kappa shape index (κ3) is 6.51. The Hall–Kier alpha value is -2.46. The van der Waals surface area contributed by atoms with E-state index in [0.717, 1.165) is 11.9 Å². The number of aliphatic carboxylic acids is 1. The second-order valence-corrected chi connectivity index (χ2v) is 5.15. The van der Waals surface area contributed by atoms with Gasteiger partial charge < -0.3 is 15.3 Å². The van der Waals surface area contributed by atoms with Gasteiger partial charge in [0.1, 0.15) is 0 Å². The number of carbonyl (C=O) groups is 2. The molecule has 0 unspecified atom stereocenters. The second-order valence-electron chi connectivity index (χ2n) is 5.15. The van der Waals surface area contributed by atoms with E-state index in [1.807, 2.05) is 0 Å². The van der Waals surface area contributed by atoms with Gasteiger partial charge in [0.05, 0.1) is 17.5 Å². The molecule has 0 radical (unpaired) electrons.